The average molecular weight is 266 g/mol. The zero-order chi connectivity index (χ0) is 13.8. The molecule has 2 unspecified atom stereocenters. The van der Waals surface area contributed by atoms with E-state index in [1.165, 1.54) is 26.3 Å². The molecule has 1 saturated carbocycles. The first-order valence-corrected chi connectivity index (χ1v) is 6.40. The van der Waals surface area contributed by atoms with E-state index in [4.69, 9.17) is 4.74 Å². The van der Waals surface area contributed by atoms with Gasteiger partial charge in [0.05, 0.1) is 12.0 Å². The largest absolute Gasteiger partial charge is 0.476 e. The molecule has 0 spiro atoms. The van der Waals surface area contributed by atoms with E-state index < -0.39 is 4.92 Å². The third kappa shape index (κ3) is 2.91. The first-order chi connectivity index (χ1) is 9.13. The van der Waals surface area contributed by atoms with Crippen molar-refractivity contribution in [1.82, 2.24) is 9.97 Å². The van der Waals surface area contributed by atoms with Crippen LogP contribution in [0.15, 0.2) is 6.33 Å². The maximum Gasteiger partial charge on any atom is 0.372 e. The van der Waals surface area contributed by atoms with E-state index in [2.05, 4.69) is 22.2 Å². The Bertz CT molecular complexity index is 466. The standard InChI is InChI=1S/C12H18N4O3/c1-8-4-3-5-9(8)6-13-11-10(16(17)18)12(19-2)15-7-14-11/h7-9H,3-6H2,1-2H3,(H,13,14,15). The maximum atomic E-state index is 11.1. The molecule has 2 rings (SSSR count). The number of nitro groups is 1. The molecule has 1 aromatic rings. The summed E-state index contributed by atoms with van der Waals surface area (Å²) in [7, 11) is 1.36. The molecule has 1 aromatic heterocycles. The van der Waals surface area contributed by atoms with E-state index in [0.29, 0.717) is 18.4 Å². The summed E-state index contributed by atoms with van der Waals surface area (Å²) in [6.45, 7) is 2.91. The predicted octanol–water partition coefficient (Wildman–Crippen LogP) is 2.24. The van der Waals surface area contributed by atoms with E-state index in [-0.39, 0.29) is 17.4 Å². The molecule has 0 amide bonds. The SMILES string of the molecule is COc1ncnc(NCC2CCCC2C)c1[N+](=O)[O-]. The number of anilines is 1. The monoisotopic (exact) mass is 266 g/mol. The fourth-order valence-corrected chi connectivity index (χ4v) is 2.56. The summed E-state index contributed by atoms with van der Waals surface area (Å²) in [5.74, 6) is 1.41. The highest BCUT2D eigenvalue weighted by Crippen LogP contribution is 2.34. The lowest BCUT2D eigenvalue weighted by atomic mass is 9.98. The number of hydrogen-bond acceptors (Lipinski definition) is 6. The smallest absolute Gasteiger partial charge is 0.372 e. The number of hydrogen-bond donors (Lipinski definition) is 1. The van der Waals surface area contributed by atoms with Crippen molar-refractivity contribution >= 4 is 11.5 Å². The van der Waals surface area contributed by atoms with Crippen molar-refractivity contribution in [2.45, 2.75) is 26.2 Å². The summed E-state index contributed by atoms with van der Waals surface area (Å²) in [5.41, 5.74) is -0.198. The summed E-state index contributed by atoms with van der Waals surface area (Å²) >= 11 is 0. The molecule has 19 heavy (non-hydrogen) atoms. The summed E-state index contributed by atoms with van der Waals surface area (Å²) in [4.78, 5) is 18.3. The predicted molar refractivity (Wildman–Crippen MR) is 70.2 cm³/mol. The summed E-state index contributed by atoms with van der Waals surface area (Å²) in [6, 6.07) is 0. The molecular weight excluding hydrogens is 248 g/mol. The molecule has 7 heteroatoms. The van der Waals surface area contributed by atoms with Gasteiger partial charge in [-0.25, -0.2) is 4.98 Å². The highest BCUT2D eigenvalue weighted by atomic mass is 16.6. The zero-order valence-electron chi connectivity index (χ0n) is 11.1. The van der Waals surface area contributed by atoms with Gasteiger partial charge in [0.25, 0.3) is 5.88 Å². The van der Waals surface area contributed by atoms with Gasteiger partial charge < -0.3 is 10.1 Å². The van der Waals surface area contributed by atoms with Crippen LogP contribution in [0.2, 0.25) is 0 Å². The van der Waals surface area contributed by atoms with Crippen LogP contribution in [-0.4, -0.2) is 28.5 Å². The number of rotatable bonds is 5. The molecule has 1 aliphatic carbocycles. The lowest BCUT2D eigenvalue weighted by molar-refractivity contribution is -0.385. The Hall–Kier alpha value is -1.92. The van der Waals surface area contributed by atoms with Gasteiger partial charge in [-0.05, 0) is 18.3 Å². The molecule has 1 N–H and O–H groups in total. The lowest BCUT2D eigenvalue weighted by Crippen LogP contribution is -2.18. The third-order valence-electron chi connectivity index (χ3n) is 3.74. The summed E-state index contributed by atoms with van der Waals surface area (Å²) in [5, 5.41) is 14.1. The van der Waals surface area contributed by atoms with Gasteiger partial charge in [-0.3, -0.25) is 10.1 Å². The number of nitrogens with one attached hydrogen (secondary N) is 1. The Kier molecular flexibility index (Phi) is 4.13. The topological polar surface area (TPSA) is 90.2 Å². The molecule has 0 aromatic carbocycles. The van der Waals surface area contributed by atoms with Crippen molar-refractivity contribution in [3.8, 4) is 5.88 Å². The highest BCUT2D eigenvalue weighted by Gasteiger charge is 2.27. The number of ether oxygens (including phenoxy) is 1. The fourth-order valence-electron chi connectivity index (χ4n) is 2.56. The normalized spacial score (nSPS) is 22.2. The van der Waals surface area contributed by atoms with Crippen molar-refractivity contribution in [3.63, 3.8) is 0 Å². The highest BCUT2D eigenvalue weighted by molar-refractivity contribution is 5.61. The van der Waals surface area contributed by atoms with Gasteiger partial charge in [-0.2, -0.15) is 4.98 Å². The van der Waals surface area contributed by atoms with E-state index in [1.54, 1.807) is 0 Å². The second kappa shape index (κ2) is 5.81. The fraction of sp³-hybridized carbons (Fsp3) is 0.667. The second-order valence-electron chi connectivity index (χ2n) is 4.89. The number of methoxy groups -OCH3 is 1. The minimum Gasteiger partial charge on any atom is -0.476 e. The minimum atomic E-state index is -0.515. The van der Waals surface area contributed by atoms with E-state index in [1.807, 2.05) is 0 Å². The van der Waals surface area contributed by atoms with Crippen molar-refractivity contribution in [2.75, 3.05) is 19.0 Å². The second-order valence-corrected chi connectivity index (χ2v) is 4.89. The Labute approximate surface area is 111 Å². The molecule has 0 radical (unpaired) electrons. The van der Waals surface area contributed by atoms with Crippen LogP contribution in [0.5, 0.6) is 5.88 Å². The lowest BCUT2D eigenvalue weighted by Gasteiger charge is -2.16. The Morgan fingerprint density at radius 3 is 2.89 bits per heavy atom. The van der Waals surface area contributed by atoms with Crippen LogP contribution >= 0.6 is 0 Å². The van der Waals surface area contributed by atoms with Gasteiger partial charge >= 0.3 is 5.69 Å². The van der Waals surface area contributed by atoms with Gasteiger partial charge in [0.15, 0.2) is 0 Å². The zero-order valence-corrected chi connectivity index (χ0v) is 11.1. The van der Waals surface area contributed by atoms with E-state index in [0.717, 1.165) is 6.42 Å². The Morgan fingerprint density at radius 2 is 2.32 bits per heavy atom. The first-order valence-electron chi connectivity index (χ1n) is 6.40. The van der Waals surface area contributed by atoms with Gasteiger partial charge in [0.1, 0.15) is 6.33 Å². The molecule has 0 aliphatic heterocycles. The van der Waals surface area contributed by atoms with Crippen molar-refractivity contribution in [2.24, 2.45) is 11.8 Å². The molecule has 2 atom stereocenters. The Balaban J connectivity index is 2.13. The van der Waals surface area contributed by atoms with Crippen LogP contribution in [0.4, 0.5) is 11.5 Å². The van der Waals surface area contributed by atoms with Crippen LogP contribution in [0.1, 0.15) is 26.2 Å². The summed E-state index contributed by atoms with van der Waals surface area (Å²) < 4.78 is 4.91. The molecule has 104 valence electrons. The molecule has 0 saturated heterocycles. The van der Waals surface area contributed by atoms with Gasteiger partial charge in [0.2, 0.25) is 5.82 Å². The van der Waals surface area contributed by atoms with Crippen LogP contribution in [0, 0.1) is 22.0 Å². The molecule has 7 nitrogen and oxygen atoms in total. The molecule has 1 heterocycles. The van der Waals surface area contributed by atoms with E-state index in [9.17, 15) is 10.1 Å². The third-order valence-corrected chi connectivity index (χ3v) is 3.74. The maximum absolute atomic E-state index is 11.1. The van der Waals surface area contributed by atoms with Crippen molar-refractivity contribution < 1.29 is 9.66 Å². The molecule has 1 aliphatic rings. The van der Waals surface area contributed by atoms with Crippen LogP contribution in [0.25, 0.3) is 0 Å². The van der Waals surface area contributed by atoms with Crippen molar-refractivity contribution in [3.05, 3.63) is 16.4 Å². The van der Waals surface area contributed by atoms with Gasteiger partial charge in [0, 0.05) is 6.54 Å². The van der Waals surface area contributed by atoms with E-state index >= 15 is 0 Å². The van der Waals surface area contributed by atoms with Crippen molar-refractivity contribution in [1.29, 1.82) is 0 Å². The number of aromatic nitrogens is 2. The minimum absolute atomic E-state index is 0.0121. The summed E-state index contributed by atoms with van der Waals surface area (Å²) in [6.07, 6.45) is 4.88. The Morgan fingerprint density at radius 1 is 1.53 bits per heavy atom. The first kappa shape index (κ1) is 13.5. The molecular formula is C12H18N4O3. The van der Waals surface area contributed by atoms with Crippen LogP contribution < -0.4 is 10.1 Å². The molecule has 0 bridgehead atoms. The van der Waals surface area contributed by atoms with Gasteiger partial charge in [-0.1, -0.05) is 19.8 Å². The van der Waals surface area contributed by atoms with Crippen LogP contribution in [-0.2, 0) is 0 Å². The number of nitrogens with zero attached hydrogens (tertiary/aromatic N) is 3. The quantitative estimate of drug-likeness (QED) is 0.649. The molecule has 1 fully saturated rings. The van der Waals surface area contributed by atoms with Gasteiger partial charge in [-0.15, -0.1) is 0 Å². The van der Waals surface area contributed by atoms with Crippen LogP contribution in [0.3, 0.4) is 0 Å². The average Bonchev–Trinajstić information content (AvgIpc) is 2.81.